The van der Waals surface area contributed by atoms with Crippen LogP contribution in [0.25, 0.3) is 22.3 Å². The van der Waals surface area contributed by atoms with Gasteiger partial charge in [-0.1, -0.05) is 42.5 Å². The van der Waals surface area contributed by atoms with Crippen LogP contribution in [0, 0.1) is 0 Å². The van der Waals surface area contributed by atoms with Crippen molar-refractivity contribution >= 4 is 40.5 Å². The number of rotatable bonds is 1. The van der Waals surface area contributed by atoms with Crippen molar-refractivity contribution in [2.24, 2.45) is 0 Å². The molecule has 1 aromatic heterocycles. The Bertz CT molecular complexity index is 717. The van der Waals surface area contributed by atoms with E-state index >= 15 is 0 Å². The molecule has 0 N–H and O–H groups in total. The van der Waals surface area contributed by atoms with Crippen molar-refractivity contribution in [3.8, 4) is 11.3 Å². The van der Waals surface area contributed by atoms with E-state index in [4.69, 9.17) is 4.42 Å². The van der Waals surface area contributed by atoms with Gasteiger partial charge in [0.15, 0.2) is 5.43 Å². The molecule has 0 saturated heterocycles. The maximum atomic E-state index is 11.9. The summed E-state index contributed by atoms with van der Waals surface area (Å²) in [5.41, 5.74) is 1.53. The third-order valence-corrected chi connectivity index (χ3v) is 2.69. The zero-order valence-corrected chi connectivity index (χ0v) is 9.09. The molecule has 2 nitrogen and oxygen atoms in total. The number of hydrogen-bond acceptors (Lipinski definition) is 2. The van der Waals surface area contributed by atoms with Crippen molar-refractivity contribution in [1.29, 1.82) is 0 Å². The van der Waals surface area contributed by atoms with Gasteiger partial charge in [0.1, 0.15) is 11.3 Å². The number of fused-ring (bicyclic) bond motifs is 1. The molecule has 18 heavy (non-hydrogen) atoms. The van der Waals surface area contributed by atoms with Gasteiger partial charge in [0.25, 0.3) is 0 Å². The second kappa shape index (κ2) is 5.53. The SMILES string of the molecule is O=c1cc(-c2ccccc2)oc2ccccc12.[NaH]. The number of para-hydroxylation sites is 1. The zero-order chi connectivity index (χ0) is 11.7. The molecule has 0 aliphatic carbocycles. The van der Waals surface area contributed by atoms with Crippen LogP contribution in [0.3, 0.4) is 0 Å². The van der Waals surface area contributed by atoms with E-state index in [1.165, 1.54) is 6.07 Å². The molecule has 0 bridgehead atoms. The van der Waals surface area contributed by atoms with E-state index in [-0.39, 0.29) is 35.0 Å². The maximum absolute atomic E-state index is 11.9. The monoisotopic (exact) mass is 246 g/mol. The molecule has 0 saturated carbocycles. The fourth-order valence-corrected chi connectivity index (χ4v) is 1.85. The molecule has 3 heteroatoms. The predicted octanol–water partition coefficient (Wildman–Crippen LogP) is 2.81. The first-order valence-electron chi connectivity index (χ1n) is 5.43. The van der Waals surface area contributed by atoms with Crippen molar-refractivity contribution in [3.63, 3.8) is 0 Å². The average molecular weight is 246 g/mol. The summed E-state index contributed by atoms with van der Waals surface area (Å²) in [4.78, 5) is 11.9. The molecule has 0 spiro atoms. The third kappa shape index (κ3) is 2.41. The third-order valence-electron chi connectivity index (χ3n) is 2.69. The Morgan fingerprint density at radius 3 is 2.28 bits per heavy atom. The zero-order valence-electron chi connectivity index (χ0n) is 9.09. The van der Waals surface area contributed by atoms with Gasteiger partial charge >= 0.3 is 29.6 Å². The molecule has 0 unspecified atom stereocenters. The molecule has 3 aromatic rings. The molecule has 0 aliphatic heterocycles. The molecular formula is C15H11NaO2. The van der Waals surface area contributed by atoms with Crippen LogP contribution in [0.15, 0.2) is 69.9 Å². The van der Waals surface area contributed by atoms with E-state index in [1.807, 2.05) is 48.5 Å². The van der Waals surface area contributed by atoms with Crippen molar-refractivity contribution in [2.75, 3.05) is 0 Å². The van der Waals surface area contributed by atoms with Crippen molar-refractivity contribution in [1.82, 2.24) is 0 Å². The normalized spacial score (nSPS) is 10.0. The summed E-state index contributed by atoms with van der Waals surface area (Å²) >= 11 is 0. The van der Waals surface area contributed by atoms with Crippen LogP contribution >= 0.6 is 0 Å². The number of benzene rings is 2. The molecule has 3 rings (SSSR count). The van der Waals surface area contributed by atoms with Gasteiger partial charge in [0, 0.05) is 11.6 Å². The summed E-state index contributed by atoms with van der Waals surface area (Å²) < 4.78 is 5.73. The first-order valence-corrected chi connectivity index (χ1v) is 5.43. The molecule has 1 heterocycles. The summed E-state index contributed by atoms with van der Waals surface area (Å²) in [5, 5.41) is 0.618. The molecular weight excluding hydrogens is 235 g/mol. The van der Waals surface area contributed by atoms with Crippen LogP contribution < -0.4 is 5.43 Å². The summed E-state index contributed by atoms with van der Waals surface area (Å²) in [6.45, 7) is 0. The standard InChI is InChI=1S/C15H10O2.Na.H/c16-13-10-15(11-6-2-1-3-7-11)17-14-9-5-4-8-12(13)14;;/h1-10H;;. The van der Waals surface area contributed by atoms with Gasteiger partial charge in [-0.3, -0.25) is 4.79 Å². The summed E-state index contributed by atoms with van der Waals surface area (Å²) in [5.74, 6) is 0.606. The first kappa shape index (κ1) is 13.1. The van der Waals surface area contributed by atoms with Gasteiger partial charge in [0.05, 0.1) is 5.39 Å². The summed E-state index contributed by atoms with van der Waals surface area (Å²) in [6.07, 6.45) is 0. The molecule has 0 fully saturated rings. The van der Waals surface area contributed by atoms with E-state index in [2.05, 4.69) is 0 Å². The van der Waals surface area contributed by atoms with Crippen LogP contribution in [0.4, 0.5) is 0 Å². The van der Waals surface area contributed by atoms with Gasteiger partial charge in [-0.05, 0) is 12.1 Å². The Morgan fingerprint density at radius 1 is 0.833 bits per heavy atom. The van der Waals surface area contributed by atoms with E-state index in [1.54, 1.807) is 6.07 Å². The Hall–Kier alpha value is -1.35. The molecule has 84 valence electrons. The van der Waals surface area contributed by atoms with Gasteiger partial charge in [-0.15, -0.1) is 0 Å². The Labute approximate surface area is 127 Å². The minimum absolute atomic E-state index is 0. The van der Waals surface area contributed by atoms with Crippen LogP contribution in [0.2, 0.25) is 0 Å². The minimum atomic E-state index is -0.00861. The number of hydrogen-bond donors (Lipinski definition) is 0. The van der Waals surface area contributed by atoms with Crippen LogP contribution in [-0.4, -0.2) is 29.6 Å². The molecule has 0 aliphatic rings. The van der Waals surface area contributed by atoms with Crippen molar-refractivity contribution < 1.29 is 4.42 Å². The quantitative estimate of drug-likeness (QED) is 0.618. The van der Waals surface area contributed by atoms with E-state index in [0.29, 0.717) is 16.7 Å². The topological polar surface area (TPSA) is 30.2 Å². The Balaban J connectivity index is 0.00000120. The average Bonchev–Trinajstić information content (AvgIpc) is 2.40. The Kier molecular flexibility index (Phi) is 4.02. The van der Waals surface area contributed by atoms with Crippen molar-refractivity contribution in [2.45, 2.75) is 0 Å². The van der Waals surface area contributed by atoms with E-state index in [0.717, 1.165) is 5.56 Å². The fourth-order valence-electron chi connectivity index (χ4n) is 1.85. The van der Waals surface area contributed by atoms with Gasteiger partial charge in [0.2, 0.25) is 0 Å². The Morgan fingerprint density at radius 2 is 1.50 bits per heavy atom. The molecule has 0 amide bonds. The second-order valence-corrected chi connectivity index (χ2v) is 3.84. The van der Waals surface area contributed by atoms with Crippen LogP contribution in [0.1, 0.15) is 0 Å². The van der Waals surface area contributed by atoms with Crippen LogP contribution in [-0.2, 0) is 0 Å². The first-order chi connectivity index (χ1) is 8.34. The van der Waals surface area contributed by atoms with Gasteiger partial charge < -0.3 is 4.42 Å². The second-order valence-electron chi connectivity index (χ2n) is 3.84. The van der Waals surface area contributed by atoms with Crippen molar-refractivity contribution in [3.05, 3.63) is 70.9 Å². The summed E-state index contributed by atoms with van der Waals surface area (Å²) in [6, 6.07) is 18.4. The summed E-state index contributed by atoms with van der Waals surface area (Å²) in [7, 11) is 0. The van der Waals surface area contributed by atoms with Crippen LogP contribution in [0.5, 0.6) is 0 Å². The molecule has 0 atom stereocenters. The van der Waals surface area contributed by atoms with Gasteiger partial charge in [-0.25, -0.2) is 0 Å². The molecule has 0 radical (unpaired) electrons. The predicted molar refractivity (Wildman–Crippen MR) is 75.1 cm³/mol. The van der Waals surface area contributed by atoms with E-state index in [9.17, 15) is 4.79 Å². The molecule has 2 aromatic carbocycles. The van der Waals surface area contributed by atoms with Gasteiger partial charge in [-0.2, -0.15) is 0 Å². The van der Waals surface area contributed by atoms with E-state index < -0.39 is 0 Å². The fraction of sp³-hybridized carbons (Fsp3) is 0.